The summed E-state index contributed by atoms with van der Waals surface area (Å²) in [6.45, 7) is 5.23. The Morgan fingerprint density at radius 2 is 2.10 bits per heavy atom. The molecule has 2 N–H and O–H groups in total. The topological polar surface area (TPSA) is 90.6 Å². The highest BCUT2D eigenvalue weighted by atomic mass is 16.2. The first-order valence-corrected chi connectivity index (χ1v) is 6.83. The van der Waals surface area contributed by atoms with Gasteiger partial charge in [-0.3, -0.25) is 9.89 Å². The number of nitrogens with one attached hydrogen (secondary N) is 2. The fourth-order valence-corrected chi connectivity index (χ4v) is 2.55. The molecule has 0 spiro atoms. The number of imidazole rings is 1. The first kappa shape index (κ1) is 12.8. The normalized spacial score (nSPS) is 16.6. The number of carbonyl (C=O) groups excluding carboxylic acids is 1. The second kappa shape index (κ2) is 5.07. The van der Waals surface area contributed by atoms with Crippen LogP contribution in [0.25, 0.3) is 0 Å². The molecule has 106 valence electrons. The number of hydrogen-bond donors (Lipinski definition) is 2. The average molecular weight is 274 g/mol. The number of aryl methyl sites for hydroxylation is 2. The van der Waals surface area contributed by atoms with Crippen molar-refractivity contribution in [1.29, 1.82) is 0 Å². The molecule has 7 heteroatoms. The molecule has 7 nitrogen and oxygen atoms in total. The Morgan fingerprint density at radius 1 is 1.35 bits per heavy atom. The molecule has 20 heavy (non-hydrogen) atoms. The molecule has 0 unspecified atom stereocenters. The van der Waals surface area contributed by atoms with Gasteiger partial charge in [0, 0.05) is 30.9 Å². The van der Waals surface area contributed by atoms with Gasteiger partial charge in [-0.25, -0.2) is 9.97 Å². The molecule has 0 saturated carbocycles. The minimum Gasteiger partial charge on any atom is -0.338 e. The number of nitrogens with zero attached hydrogens (tertiary/aromatic N) is 4. The third-order valence-corrected chi connectivity index (χ3v) is 3.67. The van der Waals surface area contributed by atoms with E-state index in [1.165, 1.54) is 0 Å². The molecule has 1 aliphatic rings. The van der Waals surface area contributed by atoms with Crippen molar-refractivity contribution in [2.24, 2.45) is 0 Å². The zero-order chi connectivity index (χ0) is 14.1. The van der Waals surface area contributed by atoms with Gasteiger partial charge in [0.1, 0.15) is 5.82 Å². The fraction of sp³-hybridized carbons (Fsp3) is 0.538. The van der Waals surface area contributed by atoms with Crippen LogP contribution in [0.2, 0.25) is 0 Å². The van der Waals surface area contributed by atoms with E-state index >= 15 is 0 Å². The van der Waals surface area contributed by atoms with Crippen LogP contribution >= 0.6 is 0 Å². The summed E-state index contributed by atoms with van der Waals surface area (Å²) in [4.78, 5) is 25.6. The Morgan fingerprint density at radius 3 is 2.65 bits per heavy atom. The molecule has 2 aromatic heterocycles. The number of hydrogen-bond acceptors (Lipinski definition) is 4. The van der Waals surface area contributed by atoms with E-state index in [2.05, 4.69) is 25.1 Å². The maximum Gasteiger partial charge on any atom is 0.289 e. The van der Waals surface area contributed by atoms with Crippen LogP contribution in [0, 0.1) is 13.8 Å². The number of piperidine rings is 1. The lowest BCUT2D eigenvalue weighted by molar-refractivity contribution is 0.0699. The predicted molar refractivity (Wildman–Crippen MR) is 72.3 cm³/mol. The zero-order valence-electron chi connectivity index (χ0n) is 11.7. The van der Waals surface area contributed by atoms with Gasteiger partial charge in [-0.2, -0.15) is 5.10 Å². The highest BCUT2D eigenvalue weighted by Crippen LogP contribution is 2.25. The smallest absolute Gasteiger partial charge is 0.289 e. The summed E-state index contributed by atoms with van der Waals surface area (Å²) in [5.41, 5.74) is 0.902. The summed E-state index contributed by atoms with van der Waals surface area (Å²) in [6, 6.07) is 0. The van der Waals surface area contributed by atoms with Gasteiger partial charge in [-0.1, -0.05) is 0 Å². The van der Waals surface area contributed by atoms with Crippen LogP contribution in [0.1, 0.15) is 46.7 Å². The molecule has 1 saturated heterocycles. The molecule has 1 aliphatic heterocycles. The number of rotatable bonds is 2. The standard InChI is InChI=1S/C13H18N6O/c1-8-7-14-12(15-8)13(20)19-5-3-10(4-6-19)11-16-9(2)17-18-11/h7,10H,3-6H2,1-2H3,(H,14,15)(H,16,17,18). The number of carbonyl (C=O) groups is 1. The first-order valence-electron chi connectivity index (χ1n) is 6.83. The van der Waals surface area contributed by atoms with E-state index in [1.54, 1.807) is 6.20 Å². The van der Waals surface area contributed by atoms with Gasteiger partial charge in [0.2, 0.25) is 0 Å². The molecule has 0 bridgehead atoms. The highest BCUT2D eigenvalue weighted by Gasteiger charge is 2.27. The number of likely N-dealkylation sites (tertiary alicyclic amines) is 1. The maximum absolute atomic E-state index is 12.3. The first-order chi connectivity index (χ1) is 9.63. The Labute approximate surface area is 116 Å². The second-order valence-electron chi connectivity index (χ2n) is 5.26. The molecule has 1 fully saturated rings. The van der Waals surface area contributed by atoms with Gasteiger partial charge in [-0.05, 0) is 26.7 Å². The van der Waals surface area contributed by atoms with Crippen LogP contribution in [0.5, 0.6) is 0 Å². The monoisotopic (exact) mass is 274 g/mol. The van der Waals surface area contributed by atoms with E-state index in [4.69, 9.17) is 0 Å². The van der Waals surface area contributed by atoms with Crippen LogP contribution in [0.4, 0.5) is 0 Å². The van der Waals surface area contributed by atoms with Gasteiger partial charge >= 0.3 is 0 Å². The Kier molecular flexibility index (Phi) is 3.25. The molecule has 0 aromatic carbocycles. The zero-order valence-corrected chi connectivity index (χ0v) is 11.7. The summed E-state index contributed by atoms with van der Waals surface area (Å²) < 4.78 is 0. The lowest BCUT2D eigenvalue weighted by Gasteiger charge is -2.30. The van der Waals surface area contributed by atoms with Crippen molar-refractivity contribution in [3.8, 4) is 0 Å². The van der Waals surface area contributed by atoms with Crippen molar-refractivity contribution >= 4 is 5.91 Å². The lowest BCUT2D eigenvalue weighted by Crippen LogP contribution is -2.38. The van der Waals surface area contributed by atoms with Gasteiger partial charge in [0.25, 0.3) is 5.91 Å². The maximum atomic E-state index is 12.3. The molecular formula is C13H18N6O. The SMILES string of the molecule is Cc1cnc(C(=O)N2CCC(c3n[nH]c(C)n3)CC2)[nH]1. The Hall–Kier alpha value is -2.18. The van der Waals surface area contributed by atoms with Crippen molar-refractivity contribution < 1.29 is 4.79 Å². The lowest BCUT2D eigenvalue weighted by atomic mass is 9.96. The van der Waals surface area contributed by atoms with Crippen molar-refractivity contribution in [2.45, 2.75) is 32.6 Å². The van der Waals surface area contributed by atoms with Gasteiger partial charge in [0.15, 0.2) is 11.6 Å². The van der Waals surface area contributed by atoms with Crippen molar-refractivity contribution in [1.82, 2.24) is 30.0 Å². The molecule has 0 atom stereocenters. The Balaban J connectivity index is 1.62. The number of amides is 1. The van der Waals surface area contributed by atoms with Crippen LogP contribution < -0.4 is 0 Å². The number of H-pyrrole nitrogens is 2. The van der Waals surface area contributed by atoms with E-state index < -0.39 is 0 Å². The largest absolute Gasteiger partial charge is 0.338 e. The summed E-state index contributed by atoms with van der Waals surface area (Å²) in [6.07, 6.45) is 3.46. The van der Waals surface area contributed by atoms with Crippen LogP contribution in [0.3, 0.4) is 0 Å². The number of aromatic nitrogens is 5. The van der Waals surface area contributed by atoms with Crippen LogP contribution in [-0.4, -0.2) is 49.0 Å². The van der Waals surface area contributed by atoms with E-state index in [-0.39, 0.29) is 5.91 Å². The molecule has 3 heterocycles. The van der Waals surface area contributed by atoms with Crippen molar-refractivity contribution in [3.63, 3.8) is 0 Å². The van der Waals surface area contributed by atoms with E-state index in [0.717, 1.165) is 43.3 Å². The second-order valence-corrected chi connectivity index (χ2v) is 5.26. The Bertz CT molecular complexity index is 608. The molecular weight excluding hydrogens is 256 g/mol. The molecule has 0 aliphatic carbocycles. The molecule has 0 radical (unpaired) electrons. The predicted octanol–water partition coefficient (Wildman–Crippen LogP) is 1.16. The number of aromatic amines is 2. The fourth-order valence-electron chi connectivity index (χ4n) is 2.55. The van der Waals surface area contributed by atoms with Crippen molar-refractivity contribution in [2.75, 3.05) is 13.1 Å². The van der Waals surface area contributed by atoms with Gasteiger partial charge in [0.05, 0.1) is 0 Å². The van der Waals surface area contributed by atoms with E-state index in [9.17, 15) is 4.79 Å². The summed E-state index contributed by atoms with van der Waals surface area (Å²) in [5, 5.41) is 7.08. The molecule has 1 amide bonds. The summed E-state index contributed by atoms with van der Waals surface area (Å²) in [7, 11) is 0. The minimum atomic E-state index is -0.0253. The molecule has 3 rings (SSSR count). The van der Waals surface area contributed by atoms with E-state index in [1.807, 2.05) is 18.7 Å². The summed E-state index contributed by atoms with van der Waals surface area (Å²) >= 11 is 0. The van der Waals surface area contributed by atoms with Gasteiger partial charge in [-0.15, -0.1) is 0 Å². The van der Waals surface area contributed by atoms with Gasteiger partial charge < -0.3 is 9.88 Å². The minimum absolute atomic E-state index is 0.0253. The average Bonchev–Trinajstić information content (AvgIpc) is 3.07. The third kappa shape index (κ3) is 2.43. The molecule has 2 aromatic rings. The quantitative estimate of drug-likeness (QED) is 0.860. The van der Waals surface area contributed by atoms with Crippen molar-refractivity contribution in [3.05, 3.63) is 29.4 Å². The third-order valence-electron chi connectivity index (χ3n) is 3.67. The highest BCUT2D eigenvalue weighted by molar-refractivity contribution is 5.90. The van der Waals surface area contributed by atoms with E-state index in [0.29, 0.717) is 11.7 Å². The van der Waals surface area contributed by atoms with Crippen LogP contribution in [0.15, 0.2) is 6.20 Å². The summed E-state index contributed by atoms with van der Waals surface area (Å²) in [5.74, 6) is 2.44. The van der Waals surface area contributed by atoms with Crippen LogP contribution in [-0.2, 0) is 0 Å².